The van der Waals surface area contributed by atoms with E-state index in [9.17, 15) is 5.11 Å². The highest BCUT2D eigenvalue weighted by atomic mass is 16.5. The molecule has 1 saturated heterocycles. The topological polar surface area (TPSA) is 87.8 Å². The molecule has 3 aromatic rings. The van der Waals surface area contributed by atoms with Gasteiger partial charge in [-0.25, -0.2) is 4.98 Å². The number of rotatable bonds is 6. The van der Waals surface area contributed by atoms with Crippen LogP contribution in [-0.4, -0.2) is 58.4 Å². The molecule has 1 atom stereocenters. The average molecular weight is 397 g/mol. The first-order valence-electron chi connectivity index (χ1n) is 10.00. The molecule has 8 nitrogen and oxygen atoms in total. The number of pyridine rings is 1. The highest BCUT2D eigenvalue weighted by Gasteiger charge is 2.21. The smallest absolute Gasteiger partial charge is 0.240 e. The van der Waals surface area contributed by atoms with Crippen molar-refractivity contribution >= 4 is 16.7 Å². The van der Waals surface area contributed by atoms with E-state index in [1.54, 1.807) is 7.11 Å². The fourth-order valence-electron chi connectivity index (χ4n) is 3.67. The second-order valence-corrected chi connectivity index (χ2v) is 7.36. The minimum Gasteiger partial charge on any atom is -0.392 e. The van der Waals surface area contributed by atoms with Crippen molar-refractivity contribution in [2.75, 3.05) is 38.2 Å². The van der Waals surface area contributed by atoms with E-state index < -0.39 is 0 Å². The van der Waals surface area contributed by atoms with E-state index in [-0.39, 0.29) is 12.7 Å². The summed E-state index contributed by atoms with van der Waals surface area (Å²) in [7, 11) is 1.63. The molecular weight excluding hydrogens is 370 g/mol. The molecular formula is C21H27N5O3. The standard InChI is InChI=1S/C21H27N5O3/c1-15(28-2)20-23-19(29-24-20)13-25-8-5-9-26(11-10-25)21-17(14-27)12-16-6-3-4-7-18(16)22-21/h3-4,6-7,12,15,27H,5,8-11,13-14H2,1-2H3. The van der Waals surface area contributed by atoms with E-state index in [0.717, 1.165) is 54.9 Å². The van der Waals surface area contributed by atoms with Gasteiger partial charge in [-0.2, -0.15) is 4.98 Å². The molecule has 0 aliphatic carbocycles. The number of hydrogen-bond donors (Lipinski definition) is 1. The van der Waals surface area contributed by atoms with Gasteiger partial charge in [-0.15, -0.1) is 0 Å². The van der Waals surface area contributed by atoms with Gasteiger partial charge in [0.15, 0.2) is 5.82 Å². The monoisotopic (exact) mass is 397 g/mol. The zero-order valence-corrected chi connectivity index (χ0v) is 16.9. The molecule has 1 unspecified atom stereocenters. The molecule has 3 heterocycles. The van der Waals surface area contributed by atoms with Gasteiger partial charge in [-0.1, -0.05) is 23.4 Å². The van der Waals surface area contributed by atoms with E-state index >= 15 is 0 Å². The number of fused-ring (bicyclic) bond motifs is 1. The lowest BCUT2D eigenvalue weighted by molar-refractivity contribution is 0.109. The number of hydrogen-bond acceptors (Lipinski definition) is 8. The van der Waals surface area contributed by atoms with Crippen molar-refractivity contribution in [3.8, 4) is 0 Å². The Balaban J connectivity index is 1.46. The van der Waals surface area contributed by atoms with Crippen LogP contribution in [0.5, 0.6) is 0 Å². The van der Waals surface area contributed by atoms with E-state index in [1.807, 2.05) is 37.3 Å². The fourth-order valence-corrected chi connectivity index (χ4v) is 3.67. The summed E-state index contributed by atoms with van der Waals surface area (Å²) < 4.78 is 10.6. The number of aliphatic hydroxyl groups is 1. The third-order valence-corrected chi connectivity index (χ3v) is 5.40. The summed E-state index contributed by atoms with van der Waals surface area (Å²) in [4.78, 5) is 13.9. The Morgan fingerprint density at radius 2 is 2.03 bits per heavy atom. The van der Waals surface area contributed by atoms with Crippen LogP contribution < -0.4 is 4.90 Å². The van der Waals surface area contributed by atoms with Crippen LogP contribution in [0.3, 0.4) is 0 Å². The second kappa shape index (κ2) is 8.86. The first-order chi connectivity index (χ1) is 14.2. The lowest BCUT2D eigenvalue weighted by Gasteiger charge is -2.24. The van der Waals surface area contributed by atoms with Crippen LogP contribution in [0.15, 0.2) is 34.9 Å². The predicted molar refractivity (Wildman–Crippen MR) is 109 cm³/mol. The molecule has 4 rings (SSSR count). The van der Waals surface area contributed by atoms with E-state index in [2.05, 4.69) is 19.9 Å². The lowest BCUT2D eigenvalue weighted by Crippen LogP contribution is -2.31. The Morgan fingerprint density at radius 3 is 2.86 bits per heavy atom. The first-order valence-corrected chi connectivity index (χ1v) is 10.00. The molecule has 0 bridgehead atoms. The molecule has 1 aromatic carbocycles. The lowest BCUT2D eigenvalue weighted by atomic mass is 10.1. The third kappa shape index (κ3) is 4.39. The Morgan fingerprint density at radius 1 is 1.17 bits per heavy atom. The predicted octanol–water partition coefficient (Wildman–Crippen LogP) is 2.53. The van der Waals surface area contributed by atoms with Crippen molar-refractivity contribution in [1.29, 1.82) is 0 Å². The van der Waals surface area contributed by atoms with Gasteiger partial charge >= 0.3 is 0 Å². The zero-order valence-electron chi connectivity index (χ0n) is 16.9. The highest BCUT2D eigenvalue weighted by Crippen LogP contribution is 2.25. The number of aliphatic hydroxyl groups excluding tert-OH is 1. The van der Waals surface area contributed by atoms with Gasteiger partial charge in [0.25, 0.3) is 0 Å². The average Bonchev–Trinajstić information content (AvgIpc) is 3.10. The van der Waals surface area contributed by atoms with Crippen molar-refractivity contribution in [1.82, 2.24) is 20.0 Å². The summed E-state index contributed by atoms with van der Waals surface area (Å²) in [5, 5.41) is 14.9. The number of nitrogens with zero attached hydrogens (tertiary/aromatic N) is 5. The number of benzene rings is 1. The second-order valence-electron chi connectivity index (χ2n) is 7.36. The minimum absolute atomic E-state index is 0.0180. The van der Waals surface area contributed by atoms with E-state index in [1.165, 1.54) is 0 Å². The molecule has 1 N–H and O–H groups in total. The quantitative estimate of drug-likeness (QED) is 0.679. The number of anilines is 1. The van der Waals surface area contributed by atoms with Crippen LogP contribution >= 0.6 is 0 Å². The van der Waals surface area contributed by atoms with Crippen LogP contribution in [0, 0.1) is 0 Å². The molecule has 0 radical (unpaired) electrons. The van der Waals surface area contributed by atoms with Gasteiger partial charge in [-0.3, -0.25) is 4.90 Å². The molecule has 2 aromatic heterocycles. The maximum absolute atomic E-state index is 9.88. The zero-order chi connectivity index (χ0) is 20.2. The van der Waals surface area contributed by atoms with Crippen LogP contribution in [-0.2, 0) is 17.9 Å². The van der Waals surface area contributed by atoms with Gasteiger partial charge in [0.1, 0.15) is 11.9 Å². The molecule has 29 heavy (non-hydrogen) atoms. The Kier molecular flexibility index (Phi) is 6.03. The largest absolute Gasteiger partial charge is 0.392 e. The summed E-state index contributed by atoms with van der Waals surface area (Å²) in [5.74, 6) is 2.06. The summed E-state index contributed by atoms with van der Waals surface area (Å²) >= 11 is 0. The maximum atomic E-state index is 9.88. The molecule has 8 heteroatoms. The molecule has 0 saturated carbocycles. The SMILES string of the molecule is COC(C)c1noc(CN2CCCN(c3nc4ccccc4cc3CO)CC2)n1. The van der Waals surface area contributed by atoms with Crippen molar-refractivity contribution in [2.45, 2.75) is 32.6 Å². The van der Waals surface area contributed by atoms with Gasteiger partial charge in [0, 0.05) is 44.2 Å². The van der Waals surface area contributed by atoms with Crippen molar-refractivity contribution in [3.63, 3.8) is 0 Å². The summed E-state index contributed by atoms with van der Waals surface area (Å²) in [5.41, 5.74) is 1.82. The Labute approximate surface area is 170 Å². The van der Waals surface area contributed by atoms with Gasteiger partial charge in [-0.05, 0) is 25.5 Å². The van der Waals surface area contributed by atoms with Crippen molar-refractivity contribution in [2.24, 2.45) is 0 Å². The molecule has 0 spiro atoms. The van der Waals surface area contributed by atoms with Gasteiger partial charge < -0.3 is 19.3 Å². The number of methoxy groups -OCH3 is 1. The van der Waals surface area contributed by atoms with E-state index in [0.29, 0.717) is 18.3 Å². The van der Waals surface area contributed by atoms with Crippen LogP contribution in [0.4, 0.5) is 5.82 Å². The van der Waals surface area contributed by atoms with Gasteiger partial charge in [0.05, 0.1) is 18.7 Å². The molecule has 1 aliphatic rings. The minimum atomic E-state index is -0.178. The Hall–Kier alpha value is -2.55. The number of aromatic nitrogens is 3. The molecule has 0 amide bonds. The highest BCUT2D eigenvalue weighted by molar-refractivity contribution is 5.81. The summed E-state index contributed by atoms with van der Waals surface area (Å²) in [6.07, 6.45) is 0.817. The fraction of sp³-hybridized carbons (Fsp3) is 0.476. The normalized spacial score (nSPS) is 16.9. The molecule has 154 valence electrons. The van der Waals surface area contributed by atoms with Crippen LogP contribution in [0.2, 0.25) is 0 Å². The van der Waals surface area contributed by atoms with Crippen molar-refractivity contribution in [3.05, 3.63) is 47.6 Å². The van der Waals surface area contributed by atoms with Crippen LogP contribution in [0.1, 0.15) is 36.7 Å². The van der Waals surface area contributed by atoms with Crippen molar-refractivity contribution < 1.29 is 14.4 Å². The first kappa shape index (κ1) is 19.8. The Bertz CT molecular complexity index is 960. The summed E-state index contributed by atoms with van der Waals surface area (Å²) in [6, 6.07) is 10.1. The number of ether oxygens (including phenoxy) is 1. The molecule has 1 fully saturated rings. The molecule has 1 aliphatic heterocycles. The third-order valence-electron chi connectivity index (χ3n) is 5.40. The van der Waals surface area contributed by atoms with Gasteiger partial charge in [0.2, 0.25) is 5.89 Å². The number of para-hydroxylation sites is 1. The maximum Gasteiger partial charge on any atom is 0.240 e. The summed E-state index contributed by atoms with van der Waals surface area (Å²) in [6.45, 7) is 6.02. The van der Waals surface area contributed by atoms with Crippen LogP contribution in [0.25, 0.3) is 10.9 Å². The van der Waals surface area contributed by atoms with E-state index in [4.69, 9.17) is 14.2 Å².